The molecule has 2 aromatic rings. The summed E-state index contributed by atoms with van der Waals surface area (Å²) in [4.78, 5) is 10.7. The third kappa shape index (κ3) is 6.10. The van der Waals surface area contributed by atoms with Crippen molar-refractivity contribution >= 4 is 5.97 Å². The summed E-state index contributed by atoms with van der Waals surface area (Å²) in [6.45, 7) is 1.55. The molecule has 25 heavy (non-hydrogen) atoms. The van der Waals surface area contributed by atoms with Gasteiger partial charge in [-0.2, -0.15) is 0 Å². The molecule has 6 heteroatoms. The number of aliphatic carboxylic acids is 1. The van der Waals surface area contributed by atoms with Gasteiger partial charge in [-0.1, -0.05) is 30.3 Å². The summed E-state index contributed by atoms with van der Waals surface area (Å²) in [6.07, 6.45) is 0.377. The van der Waals surface area contributed by atoms with E-state index >= 15 is 0 Å². The quantitative estimate of drug-likeness (QED) is 0.572. The maximum Gasteiger partial charge on any atom is 0.320 e. The molecule has 0 radical (unpaired) electrons. The highest BCUT2D eigenvalue weighted by molar-refractivity contribution is 5.72. The molecule has 0 heterocycles. The number of methoxy groups -OCH3 is 1. The molecule has 0 saturated heterocycles. The first-order chi connectivity index (χ1) is 12.1. The van der Waals surface area contributed by atoms with Gasteiger partial charge in [0.15, 0.2) is 0 Å². The average molecular weight is 344 g/mol. The van der Waals surface area contributed by atoms with Crippen LogP contribution in [0.1, 0.15) is 17.5 Å². The SMILES string of the molecule is COc1cccc(COc2ccccc2CNCC[C@H](N)C(=O)O)c1. The summed E-state index contributed by atoms with van der Waals surface area (Å²) >= 11 is 0. The predicted molar refractivity (Wildman–Crippen MR) is 95.7 cm³/mol. The van der Waals surface area contributed by atoms with Gasteiger partial charge in [-0.3, -0.25) is 4.79 Å². The lowest BCUT2D eigenvalue weighted by atomic mass is 10.2. The summed E-state index contributed by atoms with van der Waals surface area (Å²) in [7, 11) is 1.64. The Morgan fingerprint density at radius 3 is 2.80 bits per heavy atom. The molecule has 1 atom stereocenters. The molecule has 4 N–H and O–H groups in total. The van der Waals surface area contributed by atoms with Gasteiger partial charge in [0, 0.05) is 12.1 Å². The summed E-state index contributed by atoms with van der Waals surface area (Å²) in [5.41, 5.74) is 7.52. The van der Waals surface area contributed by atoms with Crippen LogP contribution in [0.2, 0.25) is 0 Å². The van der Waals surface area contributed by atoms with Gasteiger partial charge in [-0.15, -0.1) is 0 Å². The van der Waals surface area contributed by atoms with Crippen molar-refractivity contribution in [3.63, 3.8) is 0 Å². The van der Waals surface area contributed by atoms with Crippen LogP contribution >= 0.6 is 0 Å². The van der Waals surface area contributed by atoms with Crippen LogP contribution in [0.4, 0.5) is 0 Å². The van der Waals surface area contributed by atoms with E-state index in [0.717, 1.165) is 22.6 Å². The standard InChI is InChI=1S/C19H24N2O4/c1-24-16-7-4-5-14(11-16)13-25-18-8-3-2-6-15(18)12-21-10-9-17(20)19(22)23/h2-8,11,17,21H,9-10,12-13,20H2,1H3,(H,22,23)/t17-/m0/s1. The molecule has 0 aliphatic heterocycles. The van der Waals surface area contributed by atoms with Crippen molar-refractivity contribution in [1.29, 1.82) is 0 Å². The Balaban J connectivity index is 1.88. The van der Waals surface area contributed by atoms with E-state index in [1.165, 1.54) is 0 Å². The Labute approximate surface area is 147 Å². The fourth-order valence-electron chi connectivity index (χ4n) is 2.32. The third-order valence-corrected chi connectivity index (χ3v) is 3.77. The highest BCUT2D eigenvalue weighted by Gasteiger charge is 2.10. The van der Waals surface area contributed by atoms with E-state index in [4.69, 9.17) is 20.3 Å². The molecule has 0 bridgehead atoms. The molecule has 0 fully saturated rings. The van der Waals surface area contributed by atoms with Crippen LogP contribution in [0.25, 0.3) is 0 Å². The van der Waals surface area contributed by atoms with Gasteiger partial charge in [0.05, 0.1) is 7.11 Å². The number of nitrogens with two attached hydrogens (primary N) is 1. The highest BCUT2D eigenvalue weighted by Crippen LogP contribution is 2.20. The lowest BCUT2D eigenvalue weighted by molar-refractivity contribution is -0.138. The number of benzene rings is 2. The smallest absolute Gasteiger partial charge is 0.320 e. The van der Waals surface area contributed by atoms with Crippen LogP contribution in [-0.4, -0.2) is 30.8 Å². The monoisotopic (exact) mass is 344 g/mol. The van der Waals surface area contributed by atoms with Crippen molar-refractivity contribution in [2.45, 2.75) is 25.6 Å². The van der Waals surface area contributed by atoms with E-state index in [0.29, 0.717) is 26.1 Å². The zero-order chi connectivity index (χ0) is 18.1. The molecule has 6 nitrogen and oxygen atoms in total. The Morgan fingerprint density at radius 1 is 1.24 bits per heavy atom. The largest absolute Gasteiger partial charge is 0.497 e. The Morgan fingerprint density at radius 2 is 2.04 bits per heavy atom. The Kier molecular flexibility index (Phi) is 7.25. The summed E-state index contributed by atoms with van der Waals surface area (Å²) in [5.74, 6) is 0.606. The number of hydrogen-bond acceptors (Lipinski definition) is 5. The van der Waals surface area contributed by atoms with Crippen molar-refractivity contribution in [2.75, 3.05) is 13.7 Å². The van der Waals surface area contributed by atoms with Gasteiger partial charge in [-0.25, -0.2) is 0 Å². The lowest BCUT2D eigenvalue weighted by Crippen LogP contribution is -2.33. The molecule has 0 aromatic heterocycles. The van der Waals surface area contributed by atoms with E-state index in [1.807, 2.05) is 48.5 Å². The summed E-state index contributed by atoms with van der Waals surface area (Å²) in [6, 6.07) is 14.7. The molecule has 0 aliphatic rings. The summed E-state index contributed by atoms with van der Waals surface area (Å²) in [5, 5.41) is 12.0. The maximum absolute atomic E-state index is 10.7. The lowest BCUT2D eigenvalue weighted by Gasteiger charge is -2.13. The van der Waals surface area contributed by atoms with Gasteiger partial charge in [0.2, 0.25) is 0 Å². The molecule has 0 unspecified atom stereocenters. The zero-order valence-electron chi connectivity index (χ0n) is 14.3. The molecule has 0 saturated carbocycles. The van der Waals surface area contributed by atoms with Crippen LogP contribution < -0.4 is 20.5 Å². The fourth-order valence-corrected chi connectivity index (χ4v) is 2.32. The van der Waals surface area contributed by atoms with E-state index in [9.17, 15) is 4.79 Å². The first-order valence-electron chi connectivity index (χ1n) is 8.13. The molecule has 2 rings (SSSR count). The highest BCUT2D eigenvalue weighted by atomic mass is 16.5. The molecule has 0 spiro atoms. The second-order valence-corrected chi connectivity index (χ2v) is 5.66. The minimum atomic E-state index is -0.983. The van der Waals surface area contributed by atoms with Crippen molar-refractivity contribution in [3.8, 4) is 11.5 Å². The first-order valence-corrected chi connectivity index (χ1v) is 8.13. The van der Waals surface area contributed by atoms with E-state index in [1.54, 1.807) is 7.11 Å². The van der Waals surface area contributed by atoms with Crippen LogP contribution in [0.3, 0.4) is 0 Å². The summed E-state index contributed by atoms with van der Waals surface area (Å²) < 4.78 is 11.1. The fraction of sp³-hybridized carbons (Fsp3) is 0.316. The van der Waals surface area contributed by atoms with Gasteiger partial charge in [0.1, 0.15) is 24.1 Å². The van der Waals surface area contributed by atoms with Crippen LogP contribution in [0, 0.1) is 0 Å². The van der Waals surface area contributed by atoms with E-state index in [-0.39, 0.29) is 0 Å². The first kappa shape index (κ1) is 18.8. The topological polar surface area (TPSA) is 93.8 Å². The molecular formula is C19H24N2O4. The van der Waals surface area contributed by atoms with Crippen molar-refractivity contribution < 1.29 is 19.4 Å². The number of ether oxygens (including phenoxy) is 2. The molecular weight excluding hydrogens is 320 g/mol. The molecule has 134 valence electrons. The third-order valence-electron chi connectivity index (χ3n) is 3.77. The van der Waals surface area contributed by atoms with Crippen molar-refractivity contribution in [3.05, 3.63) is 59.7 Å². The number of carboxylic acid groups (broad SMARTS) is 1. The normalized spacial score (nSPS) is 11.8. The van der Waals surface area contributed by atoms with Crippen molar-refractivity contribution in [2.24, 2.45) is 5.73 Å². The molecule has 0 amide bonds. The predicted octanol–water partition coefficient (Wildman–Crippen LogP) is 2.17. The number of hydrogen-bond donors (Lipinski definition) is 3. The van der Waals surface area contributed by atoms with Gasteiger partial charge in [0.25, 0.3) is 0 Å². The number of carboxylic acids is 1. The number of nitrogens with one attached hydrogen (secondary N) is 1. The minimum Gasteiger partial charge on any atom is -0.497 e. The van der Waals surface area contributed by atoms with Crippen LogP contribution in [0.5, 0.6) is 11.5 Å². The van der Waals surface area contributed by atoms with Crippen LogP contribution in [-0.2, 0) is 17.9 Å². The zero-order valence-corrected chi connectivity index (χ0v) is 14.3. The second-order valence-electron chi connectivity index (χ2n) is 5.66. The number of carbonyl (C=O) groups is 1. The van der Waals surface area contributed by atoms with Crippen molar-refractivity contribution in [1.82, 2.24) is 5.32 Å². The second kappa shape index (κ2) is 9.66. The van der Waals surface area contributed by atoms with E-state index in [2.05, 4.69) is 5.32 Å². The Bertz CT molecular complexity index is 691. The molecule has 2 aromatic carbocycles. The van der Waals surface area contributed by atoms with Gasteiger partial charge in [-0.05, 0) is 36.7 Å². The van der Waals surface area contributed by atoms with Gasteiger partial charge >= 0.3 is 5.97 Å². The maximum atomic E-state index is 10.7. The number of para-hydroxylation sites is 1. The van der Waals surface area contributed by atoms with E-state index < -0.39 is 12.0 Å². The number of rotatable bonds is 10. The average Bonchev–Trinajstić information content (AvgIpc) is 2.64. The molecule has 0 aliphatic carbocycles. The Hall–Kier alpha value is -2.57. The van der Waals surface area contributed by atoms with Gasteiger partial charge < -0.3 is 25.6 Å². The minimum absolute atomic E-state index is 0.377. The van der Waals surface area contributed by atoms with Crippen LogP contribution in [0.15, 0.2) is 48.5 Å².